The number of rotatable bonds is 5. The molecule has 9 heavy (non-hydrogen) atoms. The Morgan fingerprint density at radius 2 is 2.33 bits per heavy atom. The van der Waals surface area contributed by atoms with Gasteiger partial charge in [0.25, 0.3) is 0 Å². The zero-order chi connectivity index (χ0) is 7.11. The van der Waals surface area contributed by atoms with E-state index in [2.05, 4.69) is 12.2 Å². The molecule has 0 aliphatic heterocycles. The zero-order valence-electron chi connectivity index (χ0n) is 6.11. The van der Waals surface area contributed by atoms with Crippen molar-refractivity contribution in [3.63, 3.8) is 0 Å². The van der Waals surface area contributed by atoms with Crippen LogP contribution in [0.3, 0.4) is 0 Å². The van der Waals surface area contributed by atoms with Crippen molar-refractivity contribution in [3.8, 4) is 0 Å². The molecule has 0 bridgehead atoms. The first kappa shape index (κ1) is 8.47. The topological polar surface area (TPSA) is 29.1 Å². The third-order valence-corrected chi connectivity index (χ3v) is 1.30. The summed E-state index contributed by atoms with van der Waals surface area (Å²) in [5.41, 5.74) is 0. The van der Waals surface area contributed by atoms with Crippen LogP contribution in [-0.4, -0.2) is 12.5 Å². The maximum absolute atomic E-state index is 9.74. The minimum absolute atomic E-state index is 0.294. The van der Waals surface area contributed by atoms with Crippen LogP contribution in [0, 0.1) is 0 Å². The van der Waals surface area contributed by atoms with E-state index in [1.54, 1.807) is 6.41 Å². The number of unbranched alkanes of at least 4 members (excludes halogenated alkanes) is 1. The van der Waals surface area contributed by atoms with Gasteiger partial charge in [-0.2, -0.15) is 0 Å². The van der Waals surface area contributed by atoms with Crippen LogP contribution in [0.25, 0.3) is 0 Å². The Kier molecular flexibility index (Phi) is 5.27. The molecular formula is C7H14NO. The van der Waals surface area contributed by atoms with E-state index in [-0.39, 0.29) is 0 Å². The van der Waals surface area contributed by atoms with Gasteiger partial charge in [-0.3, -0.25) is 4.79 Å². The Hall–Kier alpha value is -0.530. The van der Waals surface area contributed by atoms with Crippen LogP contribution < -0.4 is 5.32 Å². The van der Waals surface area contributed by atoms with Gasteiger partial charge in [0.15, 0.2) is 0 Å². The van der Waals surface area contributed by atoms with Crippen molar-refractivity contribution in [2.75, 3.05) is 0 Å². The summed E-state index contributed by atoms with van der Waals surface area (Å²) in [6, 6.07) is 0.294. The normalized spacial score (nSPS) is 12.7. The summed E-state index contributed by atoms with van der Waals surface area (Å²) in [6.45, 7) is 4.12. The standard InChI is InChI=1S/C7H14NO/c1-3-4-5-7(2)8-6-9/h7H,3-5H2,1-2H3,(H,8,9). The average molecular weight is 128 g/mol. The van der Waals surface area contributed by atoms with E-state index in [0.29, 0.717) is 6.04 Å². The van der Waals surface area contributed by atoms with Crippen molar-refractivity contribution in [2.24, 2.45) is 0 Å². The van der Waals surface area contributed by atoms with E-state index in [1.165, 1.54) is 12.8 Å². The highest BCUT2D eigenvalue weighted by atomic mass is 16.1. The number of amides is 1. The number of hydrogen-bond acceptors (Lipinski definition) is 1. The van der Waals surface area contributed by atoms with E-state index in [0.717, 1.165) is 6.42 Å². The molecule has 0 aromatic rings. The highest BCUT2D eigenvalue weighted by Gasteiger charge is 1.96. The molecule has 0 spiro atoms. The largest absolute Gasteiger partial charge is 0.345 e. The second-order valence-corrected chi connectivity index (χ2v) is 2.29. The van der Waals surface area contributed by atoms with Gasteiger partial charge in [-0.1, -0.05) is 19.8 Å². The first-order chi connectivity index (χ1) is 4.31. The van der Waals surface area contributed by atoms with E-state index in [9.17, 15) is 4.79 Å². The molecule has 0 fully saturated rings. The lowest BCUT2D eigenvalue weighted by Gasteiger charge is -2.06. The molecule has 1 radical (unpaired) electrons. The molecule has 0 saturated heterocycles. The van der Waals surface area contributed by atoms with Crippen LogP contribution in [0.4, 0.5) is 0 Å². The predicted molar refractivity (Wildman–Crippen MR) is 37.8 cm³/mol. The minimum Gasteiger partial charge on any atom is -0.345 e. The van der Waals surface area contributed by atoms with Crippen LogP contribution >= 0.6 is 0 Å². The predicted octanol–water partition coefficient (Wildman–Crippen LogP) is 1.22. The van der Waals surface area contributed by atoms with Crippen LogP contribution in [-0.2, 0) is 4.79 Å². The van der Waals surface area contributed by atoms with E-state index < -0.39 is 0 Å². The summed E-state index contributed by atoms with van der Waals surface area (Å²) in [7, 11) is 0. The van der Waals surface area contributed by atoms with Gasteiger partial charge in [0.1, 0.15) is 0 Å². The van der Waals surface area contributed by atoms with Crippen molar-refractivity contribution in [1.82, 2.24) is 5.32 Å². The van der Waals surface area contributed by atoms with Gasteiger partial charge in [0.2, 0.25) is 0 Å². The Labute approximate surface area is 56.6 Å². The van der Waals surface area contributed by atoms with Gasteiger partial charge >= 0.3 is 6.41 Å². The fourth-order valence-corrected chi connectivity index (χ4v) is 0.683. The maximum atomic E-state index is 9.74. The Morgan fingerprint density at radius 3 is 2.78 bits per heavy atom. The lowest BCUT2D eigenvalue weighted by Crippen LogP contribution is -2.23. The highest BCUT2D eigenvalue weighted by Crippen LogP contribution is 1.97. The summed E-state index contributed by atoms with van der Waals surface area (Å²) in [4.78, 5) is 9.74. The summed E-state index contributed by atoms with van der Waals surface area (Å²) < 4.78 is 0. The van der Waals surface area contributed by atoms with Gasteiger partial charge in [-0.25, -0.2) is 0 Å². The van der Waals surface area contributed by atoms with Crippen LogP contribution in [0.5, 0.6) is 0 Å². The van der Waals surface area contributed by atoms with Crippen molar-refractivity contribution in [3.05, 3.63) is 0 Å². The van der Waals surface area contributed by atoms with Crippen molar-refractivity contribution < 1.29 is 4.79 Å². The molecule has 0 aliphatic carbocycles. The van der Waals surface area contributed by atoms with Gasteiger partial charge in [-0.15, -0.1) is 0 Å². The summed E-state index contributed by atoms with van der Waals surface area (Å²) in [5.74, 6) is 0. The molecule has 0 heterocycles. The van der Waals surface area contributed by atoms with Gasteiger partial charge < -0.3 is 5.32 Å². The van der Waals surface area contributed by atoms with Gasteiger partial charge in [-0.05, 0) is 13.3 Å². The maximum Gasteiger partial charge on any atom is 0.309 e. The summed E-state index contributed by atoms with van der Waals surface area (Å²) >= 11 is 0. The first-order valence-electron chi connectivity index (χ1n) is 3.44. The zero-order valence-corrected chi connectivity index (χ0v) is 6.11. The molecule has 2 heteroatoms. The fraction of sp³-hybridized carbons (Fsp3) is 0.857. The molecule has 0 saturated carbocycles. The third-order valence-electron chi connectivity index (χ3n) is 1.30. The number of hydrogen-bond donors (Lipinski definition) is 1. The average Bonchev–Trinajstić information content (AvgIpc) is 1.85. The Morgan fingerprint density at radius 1 is 1.67 bits per heavy atom. The molecule has 0 aliphatic rings. The molecule has 1 atom stereocenters. The first-order valence-corrected chi connectivity index (χ1v) is 3.44. The second kappa shape index (κ2) is 5.60. The Balaban J connectivity index is 3.04. The fourth-order valence-electron chi connectivity index (χ4n) is 0.683. The molecule has 0 aromatic carbocycles. The number of nitrogens with one attached hydrogen (secondary N) is 1. The SMILES string of the molecule is CCCCC(C)N[C]=O. The van der Waals surface area contributed by atoms with E-state index in [4.69, 9.17) is 0 Å². The molecular weight excluding hydrogens is 114 g/mol. The Bertz CT molecular complexity index is 73.3. The smallest absolute Gasteiger partial charge is 0.309 e. The van der Waals surface area contributed by atoms with Crippen LogP contribution in [0.1, 0.15) is 33.1 Å². The van der Waals surface area contributed by atoms with Gasteiger partial charge in [0, 0.05) is 6.04 Å². The minimum atomic E-state index is 0.294. The molecule has 53 valence electrons. The quantitative estimate of drug-likeness (QED) is 0.554. The van der Waals surface area contributed by atoms with Crippen LogP contribution in [0.15, 0.2) is 0 Å². The molecule has 0 aromatic heterocycles. The van der Waals surface area contributed by atoms with Crippen molar-refractivity contribution in [2.45, 2.75) is 39.2 Å². The number of carbonyl (C=O) groups excluding carboxylic acids is 1. The molecule has 1 N–H and O–H groups in total. The van der Waals surface area contributed by atoms with E-state index in [1.807, 2.05) is 6.92 Å². The van der Waals surface area contributed by atoms with Crippen molar-refractivity contribution >= 4 is 6.41 Å². The summed E-state index contributed by atoms with van der Waals surface area (Å²) in [6.07, 6.45) is 5.10. The van der Waals surface area contributed by atoms with E-state index >= 15 is 0 Å². The lowest BCUT2D eigenvalue weighted by atomic mass is 10.1. The molecule has 0 rings (SSSR count). The monoisotopic (exact) mass is 128 g/mol. The summed E-state index contributed by atoms with van der Waals surface area (Å²) in [5, 5.41) is 2.57. The highest BCUT2D eigenvalue weighted by molar-refractivity contribution is 5.47. The molecule has 2 nitrogen and oxygen atoms in total. The van der Waals surface area contributed by atoms with Crippen molar-refractivity contribution in [1.29, 1.82) is 0 Å². The third kappa shape index (κ3) is 5.34. The lowest BCUT2D eigenvalue weighted by molar-refractivity contribution is 0.507. The van der Waals surface area contributed by atoms with Gasteiger partial charge in [0.05, 0.1) is 0 Å². The second-order valence-electron chi connectivity index (χ2n) is 2.29. The molecule has 1 amide bonds. The molecule has 1 unspecified atom stereocenters. The van der Waals surface area contributed by atoms with Crippen LogP contribution in [0.2, 0.25) is 0 Å².